The molecule has 10 nitrogen and oxygen atoms in total. The monoisotopic (exact) mass is 763 g/mol. The van der Waals surface area contributed by atoms with Gasteiger partial charge in [0.2, 0.25) is 17.7 Å². The largest absolute Gasteiger partial charge is 0.349 e. The van der Waals surface area contributed by atoms with Crippen LogP contribution in [0, 0.1) is 5.41 Å². The lowest BCUT2D eigenvalue weighted by Gasteiger charge is -2.38. The smallest absolute Gasteiger partial charge is 0.243 e. The van der Waals surface area contributed by atoms with Gasteiger partial charge in [-0.15, -0.1) is 0 Å². The summed E-state index contributed by atoms with van der Waals surface area (Å²) in [5.41, 5.74) is 4.09. The number of nitrogens with zero attached hydrogens (tertiary/aromatic N) is 2. The third-order valence-electron chi connectivity index (χ3n) is 14.1. The summed E-state index contributed by atoms with van der Waals surface area (Å²) in [4.78, 5) is 53.7. The number of hydroxylamine groups is 1. The zero-order valence-electron chi connectivity index (χ0n) is 34.5. The Bertz CT molecular complexity index is 1340. The average molecular weight is 763 g/mol. The van der Waals surface area contributed by atoms with Crippen molar-refractivity contribution in [1.29, 1.82) is 0 Å². The number of likely N-dealkylation sites (tertiary alicyclic amines) is 1. The molecule has 10 heteroatoms. The Kier molecular flexibility index (Phi) is 15.9. The number of piperidine rings is 1. The fourth-order valence-corrected chi connectivity index (χ4v) is 10.7. The highest BCUT2D eigenvalue weighted by Crippen LogP contribution is 2.44. The van der Waals surface area contributed by atoms with E-state index in [1.165, 1.54) is 76.2 Å². The zero-order valence-corrected chi connectivity index (χ0v) is 34.5. The van der Waals surface area contributed by atoms with Crippen LogP contribution < -0.4 is 21.4 Å². The van der Waals surface area contributed by atoms with Gasteiger partial charge in [-0.25, -0.2) is 0 Å². The minimum atomic E-state index is -0.981. The predicted molar refractivity (Wildman–Crippen MR) is 219 cm³/mol. The summed E-state index contributed by atoms with van der Waals surface area (Å²) < 4.78 is 0. The molecule has 6 rings (SSSR count). The molecule has 3 amide bonds. The first-order valence-electron chi connectivity index (χ1n) is 22.6. The van der Waals surface area contributed by atoms with Gasteiger partial charge >= 0.3 is 0 Å². The molecule has 5 fully saturated rings. The molecule has 2 saturated carbocycles. The number of hydrogen-bond acceptors (Lipinski definition) is 7. The highest BCUT2D eigenvalue weighted by molar-refractivity contribution is 5.94. The summed E-state index contributed by atoms with van der Waals surface area (Å²) in [5, 5.41) is 10.5. The third-order valence-corrected chi connectivity index (χ3v) is 14.1. The van der Waals surface area contributed by atoms with E-state index in [-0.39, 0.29) is 60.0 Å². The van der Waals surface area contributed by atoms with Gasteiger partial charge < -0.3 is 15.5 Å². The summed E-state index contributed by atoms with van der Waals surface area (Å²) >= 11 is 0. The summed E-state index contributed by atoms with van der Waals surface area (Å²) in [5.74, 6) is -0.580. The van der Waals surface area contributed by atoms with Crippen molar-refractivity contribution < 1.29 is 19.2 Å². The van der Waals surface area contributed by atoms with Gasteiger partial charge in [0.1, 0.15) is 12.1 Å². The van der Waals surface area contributed by atoms with Gasteiger partial charge in [-0.1, -0.05) is 114 Å². The van der Waals surface area contributed by atoms with E-state index in [1.807, 2.05) is 4.90 Å². The number of nitrogens with one attached hydrogen (secondary N) is 4. The lowest BCUT2D eigenvalue weighted by Crippen LogP contribution is -2.61. The molecule has 0 aromatic heterocycles. The maximum atomic E-state index is 14.6. The van der Waals surface area contributed by atoms with Gasteiger partial charge in [-0.05, 0) is 77.7 Å². The van der Waals surface area contributed by atoms with Crippen molar-refractivity contribution in [3.63, 3.8) is 0 Å². The fraction of sp³-hybridized carbons (Fsp3) is 0.800. The minimum absolute atomic E-state index is 0.0467. The molecule has 3 aliphatic heterocycles. The van der Waals surface area contributed by atoms with E-state index in [0.717, 1.165) is 70.8 Å². The standard InChI is InChI=1S/C45H74N6O4/c1-33-22-18-21-29-50(33)40(52)31-39(48-44(54)41-45(35(3)55-49-41)27-19-11-7-4-8-12-20-28-45)43(53)46-34(2)42-47-37(30-36-23-14-13-15-24-36)32-51(42)38-25-16-9-5-6-10-17-26-38/h13-15,23-24,33-35,37-39,41-42,47,49H,4-12,16-22,25-32H2,1-3H3,(H,46,53)(H,48,54)/t33-,34-,35?,37?,39-,41?,42?/m0/s1. The van der Waals surface area contributed by atoms with Crippen molar-refractivity contribution in [2.24, 2.45) is 5.41 Å². The molecule has 308 valence electrons. The number of carbonyl (C=O) groups is 3. The summed E-state index contributed by atoms with van der Waals surface area (Å²) in [6.07, 6.45) is 23.8. The van der Waals surface area contributed by atoms with Gasteiger partial charge in [0, 0.05) is 36.6 Å². The fourth-order valence-electron chi connectivity index (χ4n) is 10.7. The average Bonchev–Trinajstić information content (AvgIpc) is 3.78. The number of hydrogen-bond donors (Lipinski definition) is 4. The van der Waals surface area contributed by atoms with E-state index in [0.29, 0.717) is 12.6 Å². The Balaban J connectivity index is 1.20. The Labute approximate surface area is 332 Å². The van der Waals surface area contributed by atoms with Crippen molar-refractivity contribution in [2.75, 3.05) is 13.1 Å². The van der Waals surface area contributed by atoms with Gasteiger partial charge in [0.25, 0.3) is 0 Å². The molecule has 3 saturated heterocycles. The second kappa shape index (κ2) is 20.8. The van der Waals surface area contributed by atoms with Crippen molar-refractivity contribution in [3.8, 4) is 0 Å². The van der Waals surface area contributed by atoms with Crippen molar-refractivity contribution in [2.45, 2.75) is 211 Å². The van der Waals surface area contributed by atoms with Crippen LogP contribution in [0.15, 0.2) is 30.3 Å². The van der Waals surface area contributed by atoms with Gasteiger partial charge in [-0.2, -0.15) is 5.48 Å². The van der Waals surface area contributed by atoms with Crippen LogP contribution in [0.3, 0.4) is 0 Å². The SMILES string of the molecule is CC1ONC(C(=O)N[C@@H](CC(=O)N2CCCC[C@@H]2C)C(=O)N[C@@H](C)C2NC(Cc3ccccc3)CN2C2CCCCCCCC2)C12CCCCCCCCC2. The normalized spacial score (nSPS) is 30.1. The van der Waals surface area contributed by atoms with Crippen molar-refractivity contribution >= 4 is 17.7 Å². The van der Waals surface area contributed by atoms with Crippen LogP contribution in [0.25, 0.3) is 0 Å². The van der Waals surface area contributed by atoms with Crippen LogP contribution >= 0.6 is 0 Å². The van der Waals surface area contributed by atoms with Crippen LogP contribution in [-0.2, 0) is 25.6 Å². The molecule has 4 N–H and O–H groups in total. The van der Waals surface area contributed by atoms with Crippen molar-refractivity contribution in [1.82, 2.24) is 31.2 Å². The molecule has 1 spiro atoms. The van der Waals surface area contributed by atoms with E-state index in [2.05, 4.69) is 77.4 Å². The molecule has 1 aromatic rings. The van der Waals surface area contributed by atoms with E-state index in [4.69, 9.17) is 4.84 Å². The lowest BCUT2D eigenvalue weighted by atomic mass is 9.68. The minimum Gasteiger partial charge on any atom is -0.349 e. The van der Waals surface area contributed by atoms with Crippen LogP contribution in [0.2, 0.25) is 0 Å². The van der Waals surface area contributed by atoms with Crippen molar-refractivity contribution in [3.05, 3.63) is 35.9 Å². The maximum Gasteiger partial charge on any atom is 0.243 e. The molecule has 7 atom stereocenters. The number of carbonyl (C=O) groups excluding carboxylic acids is 3. The lowest BCUT2D eigenvalue weighted by molar-refractivity contribution is -0.139. The van der Waals surface area contributed by atoms with E-state index >= 15 is 0 Å². The Morgan fingerprint density at radius 1 is 0.818 bits per heavy atom. The molecule has 2 aliphatic carbocycles. The van der Waals surface area contributed by atoms with E-state index < -0.39 is 12.1 Å². The molecule has 1 aromatic carbocycles. The molecule has 3 heterocycles. The van der Waals surface area contributed by atoms with Crippen LogP contribution in [0.4, 0.5) is 0 Å². The molecular formula is C45H74N6O4. The third kappa shape index (κ3) is 11.1. The maximum absolute atomic E-state index is 14.6. The predicted octanol–water partition coefficient (Wildman–Crippen LogP) is 6.92. The highest BCUT2D eigenvalue weighted by Gasteiger charge is 2.52. The van der Waals surface area contributed by atoms with Gasteiger partial charge in [0.15, 0.2) is 0 Å². The van der Waals surface area contributed by atoms with Crippen LogP contribution in [-0.4, -0.2) is 89.1 Å². The Hall–Kier alpha value is -2.53. The number of rotatable bonds is 10. The summed E-state index contributed by atoms with van der Waals surface area (Å²) in [6.45, 7) is 7.91. The zero-order chi connectivity index (χ0) is 38.6. The molecule has 4 unspecified atom stereocenters. The Morgan fingerprint density at radius 2 is 1.44 bits per heavy atom. The summed E-state index contributed by atoms with van der Waals surface area (Å²) in [6, 6.07) is 9.74. The number of benzene rings is 1. The summed E-state index contributed by atoms with van der Waals surface area (Å²) in [7, 11) is 0. The van der Waals surface area contributed by atoms with E-state index in [9.17, 15) is 14.4 Å². The first kappa shape index (κ1) is 42.1. The first-order chi connectivity index (χ1) is 26.7. The second-order valence-electron chi connectivity index (χ2n) is 18.1. The van der Waals surface area contributed by atoms with Gasteiger partial charge in [0.05, 0.1) is 24.7 Å². The quantitative estimate of drug-likeness (QED) is 0.205. The highest BCUT2D eigenvalue weighted by atomic mass is 16.7. The Morgan fingerprint density at radius 3 is 2.09 bits per heavy atom. The van der Waals surface area contributed by atoms with E-state index in [1.54, 1.807) is 0 Å². The molecule has 0 bridgehead atoms. The molecule has 55 heavy (non-hydrogen) atoms. The number of amides is 3. The first-order valence-corrected chi connectivity index (χ1v) is 22.6. The van der Waals surface area contributed by atoms with Gasteiger partial charge in [-0.3, -0.25) is 29.4 Å². The second-order valence-corrected chi connectivity index (χ2v) is 18.1. The topological polar surface area (TPSA) is 115 Å². The van der Waals surface area contributed by atoms with Crippen LogP contribution in [0.1, 0.15) is 161 Å². The van der Waals surface area contributed by atoms with Crippen LogP contribution in [0.5, 0.6) is 0 Å². The molecular weight excluding hydrogens is 689 g/mol. The molecule has 5 aliphatic rings. The molecule has 0 radical (unpaired) electrons.